The van der Waals surface area contributed by atoms with Gasteiger partial charge >= 0.3 is 30.0 Å². The Morgan fingerprint density at radius 1 is 0.769 bits per heavy atom. The maximum Gasteiger partial charge on any atom is 0.534 e. The molecule has 0 aromatic heterocycles. The maximum atomic E-state index is 13.4. The van der Waals surface area contributed by atoms with Crippen molar-refractivity contribution >= 4 is 41.8 Å². The summed E-state index contributed by atoms with van der Waals surface area (Å²) in [5, 5.41) is 0.350. The second-order valence-electron chi connectivity index (χ2n) is 15.0. The van der Waals surface area contributed by atoms with E-state index >= 15 is 0 Å². The van der Waals surface area contributed by atoms with Crippen LogP contribution in [0.15, 0.2) is 18.2 Å². The van der Waals surface area contributed by atoms with Crippen LogP contribution in [0.4, 0.5) is 4.79 Å². The number of ether oxygens (including phenoxy) is 2. The van der Waals surface area contributed by atoms with E-state index in [0.717, 1.165) is 0 Å². The molecule has 1 saturated heterocycles. The van der Waals surface area contributed by atoms with E-state index in [-0.39, 0.29) is 38.2 Å². The highest BCUT2D eigenvalue weighted by Crippen LogP contribution is 2.22. The molecule has 0 aliphatic carbocycles. The van der Waals surface area contributed by atoms with Gasteiger partial charge in [-0.2, -0.15) is 5.48 Å². The van der Waals surface area contributed by atoms with E-state index in [4.69, 9.17) is 28.8 Å². The molecular weight excluding hydrogens is 686 g/mol. The smallest absolute Gasteiger partial charge is 0.428 e. The topological polar surface area (TPSA) is 226 Å². The van der Waals surface area contributed by atoms with Crippen molar-refractivity contribution in [3.05, 3.63) is 29.3 Å². The predicted molar refractivity (Wildman–Crippen MR) is 180 cm³/mol. The molecule has 1 aliphatic rings. The van der Waals surface area contributed by atoms with Crippen molar-refractivity contribution in [1.82, 2.24) is 27.0 Å². The van der Waals surface area contributed by atoms with Crippen molar-refractivity contribution in [2.75, 3.05) is 6.54 Å². The average Bonchev–Trinajstić information content (AvgIpc) is 3.35. The van der Waals surface area contributed by atoms with Gasteiger partial charge in [-0.05, 0) is 105 Å². The number of amides is 2. The van der Waals surface area contributed by atoms with Crippen molar-refractivity contribution in [2.24, 2.45) is 16.2 Å². The normalized spacial score (nSPS) is 14.1. The van der Waals surface area contributed by atoms with Crippen molar-refractivity contribution in [2.45, 2.75) is 114 Å². The van der Waals surface area contributed by atoms with Crippen molar-refractivity contribution in [3.63, 3.8) is 0 Å². The average molecular weight is 738 g/mol. The predicted octanol–water partition coefficient (Wildman–Crippen LogP) is 3.13. The highest BCUT2D eigenvalue weighted by Gasteiger charge is 2.34. The molecule has 1 aromatic carbocycles. The number of hydroxylamine groups is 4. The number of nitrogens with one attached hydrogen (secondary N) is 4. The summed E-state index contributed by atoms with van der Waals surface area (Å²) in [4.78, 5) is 106. The zero-order valence-corrected chi connectivity index (χ0v) is 31.2. The van der Waals surface area contributed by atoms with E-state index in [1.54, 1.807) is 62.3 Å². The minimum absolute atomic E-state index is 0.0443. The molecule has 1 atom stereocenters. The molecule has 1 aliphatic heterocycles. The number of carbonyl (C=O) groups excluding carboxylic acids is 7. The number of benzene rings is 1. The first-order valence-corrected chi connectivity index (χ1v) is 16.7. The molecule has 0 saturated carbocycles. The van der Waals surface area contributed by atoms with Gasteiger partial charge in [0, 0.05) is 25.9 Å². The summed E-state index contributed by atoms with van der Waals surface area (Å²) in [5.74, 6) is -3.63. The van der Waals surface area contributed by atoms with Crippen molar-refractivity contribution < 1.29 is 62.4 Å². The molecular formula is C34H51N5O13. The van der Waals surface area contributed by atoms with Gasteiger partial charge in [0.25, 0.3) is 11.8 Å². The lowest BCUT2D eigenvalue weighted by Crippen LogP contribution is -2.42. The zero-order chi connectivity index (χ0) is 39.3. The van der Waals surface area contributed by atoms with E-state index < -0.39 is 64.1 Å². The zero-order valence-electron chi connectivity index (χ0n) is 31.2. The Balaban J connectivity index is 2.15. The van der Waals surface area contributed by atoms with Gasteiger partial charge in [-0.3, -0.25) is 14.4 Å². The third kappa shape index (κ3) is 14.9. The Labute approximate surface area is 302 Å². The molecule has 2 rings (SSSR count). The molecule has 0 bridgehead atoms. The first-order chi connectivity index (χ1) is 24.1. The summed E-state index contributed by atoms with van der Waals surface area (Å²) in [6, 6.07) is 3.30. The highest BCUT2D eigenvalue weighted by molar-refractivity contribution is 6.01. The summed E-state index contributed by atoms with van der Waals surface area (Å²) in [6.45, 7) is 15.0. The largest absolute Gasteiger partial charge is 0.534 e. The molecule has 4 N–H and O–H groups in total. The van der Waals surface area contributed by atoms with E-state index in [9.17, 15) is 33.6 Å². The molecule has 52 heavy (non-hydrogen) atoms. The van der Waals surface area contributed by atoms with Gasteiger partial charge in [-0.15, -0.1) is 5.48 Å². The number of carbonyl (C=O) groups is 7. The van der Waals surface area contributed by atoms with E-state index in [1.165, 1.54) is 18.2 Å². The van der Waals surface area contributed by atoms with Crippen LogP contribution in [0.5, 0.6) is 5.75 Å². The van der Waals surface area contributed by atoms with Gasteiger partial charge < -0.3 is 24.0 Å². The maximum absolute atomic E-state index is 13.4. The summed E-state index contributed by atoms with van der Waals surface area (Å²) >= 11 is 0. The molecule has 0 radical (unpaired) electrons. The lowest BCUT2D eigenvalue weighted by molar-refractivity contribution is -0.177. The fraction of sp³-hybridized carbons (Fsp3) is 0.618. The molecule has 18 nitrogen and oxygen atoms in total. The molecule has 2 amide bonds. The Kier molecular flexibility index (Phi) is 16.1. The molecule has 290 valence electrons. The van der Waals surface area contributed by atoms with Crippen LogP contribution in [0.3, 0.4) is 0 Å². The molecule has 1 aromatic rings. The van der Waals surface area contributed by atoms with Crippen LogP contribution in [0.2, 0.25) is 0 Å². The summed E-state index contributed by atoms with van der Waals surface area (Å²) < 4.78 is 10.8. The van der Waals surface area contributed by atoms with Gasteiger partial charge in [-0.25, -0.2) is 29.4 Å². The molecule has 1 heterocycles. The number of hydrogen-bond donors (Lipinski definition) is 4. The van der Waals surface area contributed by atoms with Crippen LogP contribution in [0.25, 0.3) is 0 Å². The van der Waals surface area contributed by atoms with E-state index in [2.05, 4.69) is 22.0 Å². The third-order valence-electron chi connectivity index (χ3n) is 7.01. The summed E-state index contributed by atoms with van der Waals surface area (Å²) in [7, 11) is 0. The van der Waals surface area contributed by atoms with Crippen molar-refractivity contribution in [1.29, 1.82) is 0 Å². The standard InChI is InChI=1S/C34H51N5O13/c1-32(2,3)28(43)49-36-17-11-10-12-24(37-50-29(44)33(4,5)6)27(42)48-23-14-13-21(20-47-31(46)52-39-25(40)15-16-26(39)41)22(18-23)19-35-38-51-30(45)34(7,8)9/h13-14,18,24,35-38H,10-12,15-17,19-20H2,1-9H3. The minimum atomic E-state index is -1.29. The van der Waals surface area contributed by atoms with Gasteiger partial charge in [0.05, 0.1) is 16.2 Å². The van der Waals surface area contributed by atoms with E-state index in [1.807, 2.05) is 0 Å². The minimum Gasteiger partial charge on any atom is -0.428 e. The van der Waals surface area contributed by atoms with Crippen LogP contribution < -0.4 is 26.7 Å². The number of rotatable bonds is 17. The number of hydrazine groups is 1. The number of esters is 1. The van der Waals surface area contributed by atoms with Gasteiger partial charge in [0.1, 0.15) is 18.4 Å². The number of hydrogen-bond acceptors (Lipinski definition) is 17. The van der Waals surface area contributed by atoms with Crippen LogP contribution in [-0.2, 0) is 66.0 Å². The van der Waals surface area contributed by atoms with Crippen LogP contribution in [0, 0.1) is 16.2 Å². The van der Waals surface area contributed by atoms with Crippen molar-refractivity contribution in [3.8, 4) is 5.75 Å². The molecule has 1 unspecified atom stereocenters. The number of unbranched alkanes of at least 4 members (excludes halogenated alkanes) is 1. The SMILES string of the molecule is CC(C)(C)C(=O)ONCCCCC(NOC(=O)C(C)(C)C)C(=O)Oc1ccc(COC(=O)ON2C(=O)CCC2=O)c(CNNOC(=O)C(C)(C)C)c1. The van der Waals surface area contributed by atoms with Crippen LogP contribution in [0.1, 0.15) is 106 Å². The Morgan fingerprint density at radius 3 is 1.94 bits per heavy atom. The molecule has 0 spiro atoms. The second kappa shape index (κ2) is 19.3. The molecule has 18 heteroatoms. The van der Waals surface area contributed by atoms with E-state index in [0.29, 0.717) is 35.6 Å². The first-order valence-electron chi connectivity index (χ1n) is 16.7. The van der Waals surface area contributed by atoms with Crippen LogP contribution >= 0.6 is 0 Å². The Bertz CT molecular complexity index is 1440. The number of imide groups is 1. The fourth-order valence-electron chi connectivity index (χ4n) is 3.74. The molecule has 1 fully saturated rings. The summed E-state index contributed by atoms with van der Waals surface area (Å²) in [5.41, 5.74) is 8.64. The summed E-state index contributed by atoms with van der Waals surface area (Å²) in [6.07, 6.45) is -0.354. The van der Waals surface area contributed by atoms with Crippen LogP contribution in [-0.4, -0.2) is 59.5 Å². The van der Waals surface area contributed by atoms with Gasteiger partial charge in [0.2, 0.25) is 0 Å². The Morgan fingerprint density at radius 2 is 1.35 bits per heavy atom. The monoisotopic (exact) mass is 737 g/mol. The van der Waals surface area contributed by atoms with Gasteiger partial charge in [-0.1, -0.05) is 16.7 Å². The third-order valence-corrected chi connectivity index (χ3v) is 7.01. The first kappa shape index (κ1) is 43.5. The lowest BCUT2D eigenvalue weighted by atomic mass is 9.98. The fourth-order valence-corrected chi connectivity index (χ4v) is 3.74. The lowest BCUT2D eigenvalue weighted by Gasteiger charge is -2.21. The number of nitrogens with zero attached hydrogens (tertiary/aromatic N) is 1. The highest BCUT2D eigenvalue weighted by atomic mass is 16.8. The second-order valence-corrected chi connectivity index (χ2v) is 15.0. The Hall–Kier alpha value is -4.65. The van der Waals surface area contributed by atoms with Gasteiger partial charge in [0.15, 0.2) is 0 Å². The quantitative estimate of drug-likeness (QED) is 0.0450.